The molecule has 1 fully saturated rings. The van der Waals surface area contributed by atoms with E-state index in [1.807, 2.05) is 42.3 Å². The van der Waals surface area contributed by atoms with Crippen molar-refractivity contribution >= 4 is 15.7 Å². The number of hydrogen-bond donors (Lipinski definition) is 1. The second-order valence-electron chi connectivity index (χ2n) is 5.57. The monoisotopic (exact) mass is 326 g/mol. The molecule has 1 aliphatic rings. The molecule has 1 aliphatic heterocycles. The lowest BCUT2D eigenvalue weighted by atomic mass is 10.2. The largest absolute Gasteiger partial charge is 0.492 e. The molecule has 0 saturated carbocycles. The lowest BCUT2D eigenvalue weighted by Crippen LogP contribution is -2.42. The van der Waals surface area contributed by atoms with Gasteiger partial charge in [-0.15, -0.1) is 0 Å². The standard InChI is InChI=1S/C15H22N2O4S/c1-17(8-9-21-14-5-3-2-4-6-14)11-15(18)16-13-7-10-22(19,20)12-13/h2-6,13H,7-12H2,1H3,(H,16,18). The predicted octanol–water partition coefficient (Wildman–Crippen LogP) is 0.301. The molecule has 1 aromatic carbocycles. The summed E-state index contributed by atoms with van der Waals surface area (Å²) in [5.41, 5.74) is 0. The van der Waals surface area contributed by atoms with Gasteiger partial charge in [0.25, 0.3) is 0 Å². The van der Waals surface area contributed by atoms with Crippen molar-refractivity contribution in [3.05, 3.63) is 30.3 Å². The second-order valence-corrected chi connectivity index (χ2v) is 7.80. The number of nitrogens with one attached hydrogen (secondary N) is 1. The summed E-state index contributed by atoms with van der Waals surface area (Å²) in [5.74, 6) is 0.874. The van der Waals surface area contributed by atoms with E-state index in [0.29, 0.717) is 19.6 Å². The van der Waals surface area contributed by atoms with Gasteiger partial charge >= 0.3 is 0 Å². The maximum absolute atomic E-state index is 11.9. The Morgan fingerprint density at radius 2 is 2.09 bits per heavy atom. The lowest BCUT2D eigenvalue weighted by molar-refractivity contribution is -0.122. The Morgan fingerprint density at radius 1 is 1.36 bits per heavy atom. The van der Waals surface area contributed by atoms with E-state index in [-0.39, 0.29) is 30.0 Å². The van der Waals surface area contributed by atoms with Gasteiger partial charge in [-0.25, -0.2) is 8.42 Å². The first kappa shape index (κ1) is 16.8. The Balaban J connectivity index is 1.64. The third-order valence-electron chi connectivity index (χ3n) is 3.50. The summed E-state index contributed by atoms with van der Waals surface area (Å²) >= 11 is 0. The van der Waals surface area contributed by atoms with Crippen molar-refractivity contribution in [3.63, 3.8) is 0 Å². The summed E-state index contributed by atoms with van der Waals surface area (Å²) in [5, 5.41) is 2.77. The Kier molecular flexibility index (Phi) is 5.79. The van der Waals surface area contributed by atoms with E-state index in [2.05, 4.69) is 5.32 Å². The zero-order valence-electron chi connectivity index (χ0n) is 12.7. The van der Waals surface area contributed by atoms with E-state index < -0.39 is 9.84 Å². The maximum Gasteiger partial charge on any atom is 0.234 e. The van der Waals surface area contributed by atoms with Gasteiger partial charge < -0.3 is 10.1 Å². The molecule has 0 aromatic heterocycles. The van der Waals surface area contributed by atoms with Gasteiger partial charge in [0.1, 0.15) is 12.4 Å². The fourth-order valence-corrected chi connectivity index (χ4v) is 4.02. The molecule has 0 spiro atoms. The zero-order valence-corrected chi connectivity index (χ0v) is 13.5. The van der Waals surface area contributed by atoms with Crippen LogP contribution in [0.2, 0.25) is 0 Å². The highest BCUT2D eigenvalue weighted by atomic mass is 32.2. The highest BCUT2D eigenvalue weighted by Crippen LogP contribution is 2.11. The van der Waals surface area contributed by atoms with Crippen LogP contribution in [0.15, 0.2) is 30.3 Å². The van der Waals surface area contributed by atoms with Crippen molar-refractivity contribution in [1.29, 1.82) is 0 Å². The van der Waals surface area contributed by atoms with Gasteiger partial charge in [-0.1, -0.05) is 18.2 Å². The van der Waals surface area contributed by atoms with Gasteiger partial charge in [-0.2, -0.15) is 0 Å². The Bertz CT molecular complexity index is 589. The van der Waals surface area contributed by atoms with Crippen LogP contribution in [0.4, 0.5) is 0 Å². The number of para-hydroxylation sites is 1. The molecule has 1 N–H and O–H groups in total. The van der Waals surface area contributed by atoms with Gasteiger partial charge in [0.05, 0.1) is 18.1 Å². The van der Waals surface area contributed by atoms with Gasteiger partial charge in [0.15, 0.2) is 9.84 Å². The number of likely N-dealkylation sites (N-methyl/N-ethyl adjacent to an activating group) is 1. The molecular formula is C15H22N2O4S. The highest BCUT2D eigenvalue weighted by Gasteiger charge is 2.28. The molecule has 1 aromatic rings. The quantitative estimate of drug-likeness (QED) is 0.780. The van der Waals surface area contributed by atoms with E-state index in [4.69, 9.17) is 4.74 Å². The molecule has 0 bridgehead atoms. The van der Waals surface area contributed by atoms with Gasteiger partial charge in [0.2, 0.25) is 5.91 Å². The first-order valence-electron chi connectivity index (χ1n) is 7.31. The molecule has 1 saturated heterocycles. The Morgan fingerprint density at radius 3 is 2.73 bits per heavy atom. The molecule has 1 heterocycles. The van der Waals surface area contributed by atoms with Crippen LogP contribution in [0.5, 0.6) is 5.75 Å². The SMILES string of the molecule is CN(CCOc1ccccc1)CC(=O)NC1CCS(=O)(=O)C1. The summed E-state index contributed by atoms with van der Waals surface area (Å²) in [6, 6.07) is 9.25. The molecule has 0 radical (unpaired) electrons. The number of benzene rings is 1. The minimum atomic E-state index is -2.96. The molecule has 122 valence electrons. The van der Waals surface area contributed by atoms with Crippen LogP contribution in [0.25, 0.3) is 0 Å². The number of rotatable bonds is 7. The minimum absolute atomic E-state index is 0.0551. The van der Waals surface area contributed by atoms with Crippen molar-refractivity contribution in [2.24, 2.45) is 0 Å². The first-order valence-corrected chi connectivity index (χ1v) is 9.13. The number of carbonyl (C=O) groups is 1. The fraction of sp³-hybridized carbons (Fsp3) is 0.533. The summed E-state index contributed by atoms with van der Waals surface area (Å²) < 4.78 is 28.3. The van der Waals surface area contributed by atoms with Gasteiger partial charge in [-0.3, -0.25) is 9.69 Å². The van der Waals surface area contributed by atoms with E-state index in [0.717, 1.165) is 5.75 Å². The molecule has 2 rings (SSSR count). The van der Waals surface area contributed by atoms with E-state index in [1.165, 1.54) is 0 Å². The van der Waals surface area contributed by atoms with Crippen molar-refractivity contribution in [1.82, 2.24) is 10.2 Å². The molecule has 7 heteroatoms. The molecule has 6 nitrogen and oxygen atoms in total. The average Bonchev–Trinajstić information content (AvgIpc) is 2.78. The topological polar surface area (TPSA) is 75.7 Å². The number of sulfone groups is 1. The fourth-order valence-electron chi connectivity index (χ4n) is 2.34. The zero-order chi connectivity index (χ0) is 16.0. The smallest absolute Gasteiger partial charge is 0.234 e. The molecule has 1 amide bonds. The maximum atomic E-state index is 11.9. The normalized spacial score (nSPS) is 20.0. The molecule has 22 heavy (non-hydrogen) atoms. The van der Waals surface area contributed by atoms with Crippen LogP contribution in [-0.4, -0.2) is 63.5 Å². The number of nitrogens with zero attached hydrogens (tertiary/aromatic N) is 1. The highest BCUT2D eigenvalue weighted by molar-refractivity contribution is 7.91. The predicted molar refractivity (Wildman–Crippen MR) is 84.6 cm³/mol. The van der Waals surface area contributed by atoms with Gasteiger partial charge in [-0.05, 0) is 25.6 Å². The van der Waals surface area contributed by atoms with E-state index in [9.17, 15) is 13.2 Å². The summed E-state index contributed by atoms with van der Waals surface area (Å²) in [6.45, 7) is 1.34. The van der Waals surface area contributed by atoms with Crippen LogP contribution in [0.1, 0.15) is 6.42 Å². The van der Waals surface area contributed by atoms with Crippen LogP contribution >= 0.6 is 0 Å². The van der Waals surface area contributed by atoms with Crippen LogP contribution < -0.4 is 10.1 Å². The average molecular weight is 326 g/mol. The summed E-state index contributed by atoms with van der Waals surface area (Å²) in [4.78, 5) is 13.7. The molecule has 1 unspecified atom stereocenters. The van der Waals surface area contributed by atoms with Crippen molar-refractivity contribution in [2.75, 3.05) is 38.2 Å². The number of carbonyl (C=O) groups excluding carboxylic acids is 1. The third kappa shape index (κ3) is 5.65. The number of hydrogen-bond acceptors (Lipinski definition) is 5. The van der Waals surface area contributed by atoms with Crippen molar-refractivity contribution < 1.29 is 17.9 Å². The Labute approximate surface area is 131 Å². The van der Waals surface area contributed by atoms with Crippen molar-refractivity contribution in [2.45, 2.75) is 12.5 Å². The number of ether oxygens (including phenoxy) is 1. The van der Waals surface area contributed by atoms with Gasteiger partial charge in [0, 0.05) is 12.6 Å². The van der Waals surface area contributed by atoms with E-state index >= 15 is 0 Å². The first-order chi connectivity index (χ1) is 10.4. The molecular weight excluding hydrogens is 304 g/mol. The van der Waals surface area contributed by atoms with Crippen LogP contribution in [0, 0.1) is 0 Å². The van der Waals surface area contributed by atoms with Crippen LogP contribution in [0.3, 0.4) is 0 Å². The summed E-state index contributed by atoms with van der Waals surface area (Å²) in [6.07, 6.45) is 0.509. The van der Waals surface area contributed by atoms with Crippen LogP contribution in [-0.2, 0) is 14.6 Å². The second kappa shape index (κ2) is 7.60. The lowest BCUT2D eigenvalue weighted by Gasteiger charge is -2.18. The third-order valence-corrected chi connectivity index (χ3v) is 5.26. The molecule has 0 aliphatic carbocycles. The number of amides is 1. The minimum Gasteiger partial charge on any atom is -0.492 e. The van der Waals surface area contributed by atoms with E-state index in [1.54, 1.807) is 0 Å². The Hall–Kier alpha value is -1.60. The summed E-state index contributed by atoms with van der Waals surface area (Å²) in [7, 11) is -1.13. The van der Waals surface area contributed by atoms with Crippen molar-refractivity contribution in [3.8, 4) is 5.75 Å². The molecule has 1 atom stereocenters.